The summed E-state index contributed by atoms with van der Waals surface area (Å²) in [7, 11) is 0. The third-order valence-corrected chi connectivity index (χ3v) is 3.07. The van der Waals surface area contributed by atoms with Gasteiger partial charge < -0.3 is 5.32 Å². The first kappa shape index (κ1) is 11.3. The summed E-state index contributed by atoms with van der Waals surface area (Å²) < 4.78 is 1.76. The molecule has 0 saturated heterocycles. The van der Waals surface area contributed by atoms with Gasteiger partial charge in [0.25, 0.3) is 5.56 Å². The van der Waals surface area contributed by atoms with Crippen molar-refractivity contribution in [3.8, 4) is 0 Å². The average molecular weight is 221 g/mol. The van der Waals surface area contributed by atoms with E-state index in [0.29, 0.717) is 0 Å². The summed E-state index contributed by atoms with van der Waals surface area (Å²) in [5, 5.41) is 3.23. The van der Waals surface area contributed by atoms with Crippen LogP contribution in [0.15, 0.2) is 11.1 Å². The Morgan fingerprint density at radius 1 is 1.50 bits per heavy atom. The van der Waals surface area contributed by atoms with Gasteiger partial charge in [-0.05, 0) is 19.4 Å². The highest BCUT2D eigenvalue weighted by atomic mass is 16.1. The zero-order valence-electron chi connectivity index (χ0n) is 9.83. The fourth-order valence-electron chi connectivity index (χ4n) is 2.08. The van der Waals surface area contributed by atoms with Gasteiger partial charge >= 0.3 is 0 Å². The minimum absolute atomic E-state index is 0.169. The van der Waals surface area contributed by atoms with E-state index in [1.165, 1.54) is 12.8 Å². The minimum Gasteiger partial charge on any atom is -0.311 e. The van der Waals surface area contributed by atoms with Crippen molar-refractivity contribution in [1.82, 2.24) is 14.9 Å². The van der Waals surface area contributed by atoms with Gasteiger partial charge in [0.05, 0.1) is 12.0 Å². The molecule has 0 bridgehead atoms. The van der Waals surface area contributed by atoms with Crippen LogP contribution in [-0.4, -0.2) is 16.1 Å². The number of aromatic nitrogens is 2. The van der Waals surface area contributed by atoms with Gasteiger partial charge in [-0.3, -0.25) is 9.36 Å². The lowest BCUT2D eigenvalue weighted by molar-refractivity contribution is 0.550. The molecule has 4 heteroatoms. The lowest BCUT2D eigenvalue weighted by Crippen LogP contribution is -2.34. The molecule has 0 aliphatic carbocycles. The maximum Gasteiger partial charge on any atom is 0.256 e. The number of hydrogen-bond donors (Lipinski definition) is 1. The smallest absolute Gasteiger partial charge is 0.256 e. The molecular weight excluding hydrogens is 202 g/mol. The molecule has 0 radical (unpaired) electrons. The molecule has 1 aromatic rings. The number of unbranched alkanes of at least 4 members (excludes halogenated alkanes) is 2. The topological polar surface area (TPSA) is 46.9 Å². The van der Waals surface area contributed by atoms with Crippen molar-refractivity contribution in [3.05, 3.63) is 27.9 Å². The Balaban J connectivity index is 2.17. The number of aryl methyl sites for hydroxylation is 1. The zero-order chi connectivity index (χ0) is 11.4. The van der Waals surface area contributed by atoms with Crippen LogP contribution in [0.25, 0.3) is 0 Å². The Hall–Kier alpha value is -1.16. The molecule has 0 amide bonds. The van der Waals surface area contributed by atoms with Crippen molar-refractivity contribution >= 4 is 0 Å². The van der Waals surface area contributed by atoms with E-state index in [1.54, 1.807) is 10.9 Å². The molecule has 0 spiro atoms. The Labute approximate surface area is 95.7 Å². The van der Waals surface area contributed by atoms with Gasteiger partial charge in [-0.1, -0.05) is 19.8 Å². The molecular formula is C12H19N3O. The van der Waals surface area contributed by atoms with E-state index in [1.807, 2.05) is 0 Å². The summed E-state index contributed by atoms with van der Waals surface area (Å²) >= 11 is 0. The van der Waals surface area contributed by atoms with Crippen molar-refractivity contribution in [1.29, 1.82) is 0 Å². The van der Waals surface area contributed by atoms with Gasteiger partial charge in [-0.2, -0.15) is 0 Å². The maximum absolute atomic E-state index is 12.1. The molecule has 2 rings (SSSR count). The van der Waals surface area contributed by atoms with Crippen LogP contribution in [0.2, 0.25) is 0 Å². The highest BCUT2D eigenvalue weighted by Gasteiger charge is 2.14. The van der Waals surface area contributed by atoms with E-state index < -0.39 is 0 Å². The normalized spacial score (nSPS) is 14.8. The molecule has 0 unspecified atom stereocenters. The Morgan fingerprint density at radius 2 is 2.38 bits per heavy atom. The van der Waals surface area contributed by atoms with E-state index >= 15 is 0 Å². The minimum atomic E-state index is 0.169. The SMILES string of the molecule is CCCCCn1cnc2c(c1=O)CCNC2. The van der Waals surface area contributed by atoms with Crippen LogP contribution in [0.4, 0.5) is 0 Å². The molecule has 16 heavy (non-hydrogen) atoms. The summed E-state index contributed by atoms with van der Waals surface area (Å²) in [5.74, 6) is 0. The number of hydrogen-bond acceptors (Lipinski definition) is 3. The Morgan fingerprint density at radius 3 is 3.19 bits per heavy atom. The Kier molecular flexibility index (Phi) is 3.72. The van der Waals surface area contributed by atoms with Crippen LogP contribution in [0.5, 0.6) is 0 Å². The second-order valence-corrected chi connectivity index (χ2v) is 4.30. The summed E-state index contributed by atoms with van der Waals surface area (Å²) in [6.07, 6.45) is 5.93. The monoisotopic (exact) mass is 221 g/mol. The number of nitrogens with one attached hydrogen (secondary N) is 1. The first-order valence-corrected chi connectivity index (χ1v) is 6.11. The predicted octanol–water partition coefficient (Wildman–Crippen LogP) is 1.08. The first-order chi connectivity index (χ1) is 7.83. The molecule has 0 saturated carbocycles. The van der Waals surface area contributed by atoms with E-state index in [4.69, 9.17) is 0 Å². The molecule has 88 valence electrons. The third kappa shape index (κ3) is 2.32. The summed E-state index contributed by atoms with van der Waals surface area (Å²) in [5.41, 5.74) is 2.02. The zero-order valence-corrected chi connectivity index (χ0v) is 9.83. The van der Waals surface area contributed by atoms with Gasteiger partial charge in [-0.15, -0.1) is 0 Å². The summed E-state index contributed by atoms with van der Waals surface area (Å²) in [6.45, 7) is 4.60. The van der Waals surface area contributed by atoms with Gasteiger partial charge in [0.2, 0.25) is 0 Å². The fraction of sp³-hybridized carbons (Fsp3) is 0.667. The molecule has 1 aliphatic heterocycles. The highest BCUT2D eigenvalue weighted by Crippen LogP contribution is 2.06. The van der Waals surface area contributed by atoms with Crippen LogP contribution in [0.1, 0.15) is 37.4 Å². The number of nitrogens with zero attached hydrogens (tertiary/aromatic N) is 2. The molecule has 1 N–H and O–H groups in total. The van der Waals surface area contributed by atoms with Crippen molar-refractivity contribution in [2.45, 2.75) is 45.7 Å². The van der Waals surface area contributed by atoms with Crippen LogP contribution in [-0.2, 0) is 19.5 Å². The van der Waals surface area contributed by atoms with Crippen molar-refractivity contribution in [2.24, 2.45) is 0 Å². The lowest BCUT2D eigenvalue weighted by atomic mass is 10.1. The van der Waals surface area contributed by atoms with E-state index in [0.717, 1.165) is 43.7 Å². The van der Waals surface area contributed by atoms with Gasteiger partial charge in [0.1, 0.15) is 0 Å². The molecule has 0 fully saturated rings. The molecule has 1 aromatic heterocycles. The van der Waals surface area contributed by atoms with Crippen molar-refractivity contribution in [2.75, 3.05) is 6.54 Å². The summed E-state index contributed by atoms with van der Waals surface area (Å²) in [6, 6.07) is 0. The van der Waals surface area contributed by atoms with Crippen molar-refractivity contribution < 1.29 is 0 Å². The quantitative estimate of drug-likeness (QED) is 0.774. The molecule has 0 atom stereocenters. The van der Waals surface area contributed by atoms with Gasteiger partial charge in [0.15, 0.2) is 0 Å². The van der Waals surface area contributed by atoms with Crippen LogP contribution in [0, 0.1) is 0 Å². The maximum atomic E-state index is 12.1. The van der Waals surface area contributed by atoms with Crippen LogP contribution < -0.4 is 10.9 Å². The molecule has 4 nitrogen and oxygen atoms in total. The van der Waals surface area contributed by atoms with E-state index in [-0.39, 0.29) is 5.56 Å². The largest absolute Gasteiger partial charge is 0.311 e. The van der Waals surface area contributed by atoms with Gasteiger partial charge in [0, 0.05) is 18.7 Å². The average Bonchev–Trinajstić information content (AvgIpc) is 2.33. The predicted molar refractivity (Wildman–Crippen MR) is 63.4 cm³/mol. The second-order valence-electron chi connectivity index (χ2n) is 4.30. The highest BCUT2D eigenvalue weighted by molar-refractivity contribution is 5.19. The third-order valence-electron chi connectivity index (χ3n) is 3.07. The lowest BCUT2D eigenvalue weighted by Gasteiger charge is -2.16. The summed E-state index contributed by atoms with van der Waals surface area (Å²) in [4.78, 5) is 16.5. The van der Waals surface area contributed by atoms with Crippen LogP contribution >= 0.6 is 0 Å². The second kappa shape index (κ2) is 5.25. The molecule has 1 aliphatic rings. The van der Waals surface area contributed by atoms with E-state index in [2.05, 4.69) is 17.2 Å². The fourth-order valence-corrected chi connectivity index (χ4v) is 2.08. The number of fused-ring (bicyclic) bond motifs is 1. The molecule has 2 heterocycles. The standard InChI is InChI=1S/C12H19N3O/c1-2-3-4-7-15-9-14-11-8-13-6-5-10(11)12(15)16/h9,13H,2-8H2,1H3. The Bertz CT molecular complexity index is 411. The number of rotatable bonds is 4. The van der Waals surface area contributed by atoms with E-state index in [9.17, 15) is 4.79 Å². The first-order valence-electron chi connectivity index (χ1n) is 6.11. The van der Waals surface area contributed by atoms with Gasteiger partial charge in [-0.25, -0.2) is 4.98 Å². The van der Waals surface area contributed by atoms with Crippen LogP contribution in [0.3, 0.4) is 0 Å². The molecule has 0 aromatic carbocycles. The van der Waals surface area contributed by atoms with Crippen molar-refractivity contribution in [3.63, 3.8) is 0 Å².